The number of halogens is 1. The molecule has 0 atom stereocenters. The Kier molecular flexibility index (Phi) is 5.54. The second-order valence-corrected chi connectivity index (χ2v) is 2.85. The summed E-state index contributed by atoms with van der Waals surface area (Å²) in [6.45, 7) is 0. The van der Waals surface area contributed by atoms with Crippen molar-refractivity contribution in [1.29, 1.82) is 0 Å². The van der Waals surface area contributed by atoms with Gasteiger partial charge < -0.3 is 2.85 Å². The number of hydrogen-bond acceptors (Lipinski definition) is 0. The predicted molar refractivity (Wildman–Crippen MR) is 40.7 cm³/mol. The maximum atomic E-state index is 5.82. The molecule has 0 spiro atoms. The first kappa shape index (κ1) is 9.06. The average Bonchev–Trinajstić information content (AvgIpc) is 1.69. The fraction of sp³-hybridized carbons (Fsp3) is 1.00. The summed E-state index contributed by atoms with van der Waals surface area (Å²) in [5.74, 6) is 0. The Labute approximate surface area is 75.1 Å². The normalized spacial score (nSPS) is 22.1. The van der Waals surface area contributed by atoms with E-state index in [1.807, 2.05) is 0 Å². The van der Waals surface area contributed by atoms with E-state index in [1.54, 1.807) is 0 Å². The molecule has 1 saturated carbocycles. The van der Waals surface area contributed by atoms with Crippen LogP contribution in [0.15, 0.2) is 0 Å². The van der Waals surface area contributed by atoms with Crippen LogP contribution < -0.4 is 0 Å². The Morgan fingerprint density at radius 1 is 1.12 bits per heavy atom. The van der Waals surface area contributed by atoms with Crippen LogP contribution in [-0.4, -0.2) is 28.4 Å². The summed E-state index contributed by atoms with van der Waals surface area (Å²) < 4.78 is 0. The summed E-state index contributed by atoms with van der Waals surface area (Å²) in [5, 5.41) is 0.508. The first-order valence-corrected chi connectivity index (χ1v) is 3.47. The molecule has 46 valence electrons. The van der Waals surface area contributed by atoms with Crippen LogP contribution in [0.5, 0.6) is 0 Å². The van der Waals surface area contributed by atoms with E-state index in [0.717, 1.165) is 0 Å². The molecule has 0 nitrogen and oxygen atoms in total. The second kappa shape index (κ2) is 4.89. The monoisotopic (exact) mass is 144 g/mol. The Hall–Kier alpha value is 1.06. The molecule has 1 fully saturated rings. The molecule has 0 N–H and O–H groups in total. The molecule has 1 rings (SSSR count). The van der Waals surface area contributed by atoms with Crippen LogP contribution in [0, 0.1) is 0 Å². The van der Waals surface area contributed by atoms with E-state index in [2.05, 4.69) is 0 Å². The van der Waals surface area contributed by atoms with E-state index >= 15 is 0 Å². The van der Waals surface area contributed by atoms with Gasteiger partial charge in [0.1, 0.15) is 0 Å². The third-order valence-electron chi connectivity index (χ3n) is 1.53. The Balaban J connectivity index is -0.000000163. The molecule has 8 heavy (non-hydrogen) atoms. The summed E-state index contributed by atoms with van der Waals surface area (Å²) in [5.41, 5.74) is 0. The predicted octanol–water partition coefficient (Wildman–Crippen LogP) is 2.40. The van der Waals surface area contributed by atoms with Crippen LogP contribution in [0.1, 0.15) is 35.0 Å². The summed E-state index contributed by atoms with van der Waals surface area (Å²) in [6, 6.07) is 0. The van der Waals surface area contributed by atoms with Crippen molar-refractivity contribution in [2.45, 2.75) is 37.5 Å². The topological polar surface area (TPSA) is 0 Å². The van der Waals surface area contributed by atoms with Gasteiger partial charge >= 0.3 is 23.1 Å². The van der Waals surface area contributed by atoms with Crippen molar-refractivity contribution in [3.63, 3.8) is 0 Å². The molecule has 0 amide bonds. The second-order valence-electron chi connectivity index (χ2n) is 2.24. The van der Waals surface area contributed by atoms with Crippen molar-refractivity contribution in [3.8, 4) is 0 Å². The average molecular weight is 145 g/mol. The van der Waals surface area contributed by atoms with Gasteiger partial charge in [0.05, 0.1) is 0 Å². The fourth-order valence-corrected chi connectivity index (χ4v) is 1.36. The van der Waals surface area contributed by atoms with Gasteiger partial charge in [0.25, 0.3) is 0 Å². The summed E-state index contributed by atoms with van der Waals surface area (Å²) in [4.78, 5) is 0. The molecule has 2 heteroatoms. The first-order chi connectivity index (χ1) is 3.39. The van der Waals surface area contributed by atoms with E-state index in [4.69, 9.17) is 11.6 Å². The zero-order valence-electron chi connectivity index (χ0n) is 7.20. The van der Waals surface area contributed by atoms with Gasteiger partial charge in [0, 0.05) is 5.38 Å². The molecular weight excluding hydrogens is 132 g/mol. The minimum atomic E-state index is 0. The quantitative estimate of drug-likeness (QED) is 0.362. The molecular formula is C6H13ClMg. The van der Waals surface area contributed by atoms with Gasteiger partial charge in [-0.15, -0.1) is 11.6 Å². The van der Waals surface area contributed by atoms with Crippen LogP contribution in [-0.2, 0) is 0 Å². The molecule has 1 aliphatic rings. The molecule has 0 bridgehead atoms. The minimum Gasteiger partial charge on any atom is -1.00 e. The van der Waals surface area contributed by atoms with E-state index in [0.29, 0.717) is 5.38 Å². The molecule has 0 aliphatic heterocycles. The van der Waals surface area contributed by atoms with Crippen molar-refractivity contribution in [2.24, 2.45) is 0 Å². The van der Waals surface area contributed by atoms with E-state index < -0.39 is 0 Å². The van der Waals surface area contributed by atoms with Crippen LogP contribution in [0.25, 0.3) is 0 Å². The smallest absolute Gasteiger partial charge is 1.00 e. The van der Waals surface area contributed by atoms with Gasteiger partial charge in [-0.3, -0.25) is 0 Å². The number of rotatable bonds is 0. The van der Waals surface area contributed by atoms with Crippen molar-refractivity contribution in [2.75, 3.05) is 0 Å². The van der Waals surface area contributed by atoms with Crippen LogP contribution >= 0.6 is 11.6 Å². The van der Waals surface area contributed by atoms with E-state index in [9.17, 15) is 0 Å². The van der Waals surface area contributed by atoms with Crippen LogP contribution in [0.2, 0.25) is 0 Å². The number of alkyl halides is 1. The van der Waals surface area contributed by atoms with Gasteiger partial charge in [0.2, 0.25) is 0 Å². The zero-order valence-corrected chi connectivity index (χ0v) is 7.37. The third kappa shape index (κ3) is 3.16. The van der Waals surface area contributed by atoms with Gasteiger partial charge in [-0.2, -0.15) is 0 Å². The van der Waals surface area contributed by atoms with Gasteiger partial charge in [-0.05, 0) is 12.8 Å². The standard InChI is InChI=1S/C6H11Cl.Mg.2H/c7-6-4-2-1-3-5-6;;;/h6H,1-5H2;;;/q;+2;2*-1. The molecule has 0 aromatic heterocycles. The Bertz CT molecular complexity index is 57.7. The van der Waals surface area contributed by atoms with Crippen molar-refractivity contribution in [3.05, 3.63) is 0 Å². The molecule has 0 radical (unpaired) electrons. The van der Waals surface area contributed by atoms with Gasteiger partial charge in [-0.1, -0.05) is 19.3 Å². The third-order valence-corrected chi connectivity index (χ3v) is 1.97. The van der Waals surface area contributed by atoms with E-state index in [1.165, 1.54) is 32.1 Å². The minimum absolute atomic E-state index is 0. The maximum absolute atomic E-state index is 5.82. The van der Waals surface area contributed by atoms with Gasteiger partial charge in [0.15, 0.2) is 0 Å². The van der Waals surface area contributed by atoms with Crippen LogP contribution in [0.4, 0.5) is 0 Å². The SMILES string of the molecule is ClC1CCCCC1.[H-].[H-].[Mg+2]. The molecule has 0 unspecified atom stereocenters. The van der Waals surface area contributed by atoms with Crippen molar-refractivity contribution >= 4 is 34.7 Å². The number of hydrogen-bond donors (Lipinski definition) is 0. The fourth-order valence-electron chi connectivity index (χ4n) is 1.05. The molecule has 0 heterocycles. The van der Waals surface area contributed by atoms with Crippen molar-refractivity contribution in [1.82, 2.24) is 0 Å². The van der Waals surface area contributed by atoms with E-state index in [-0.39, 0.29) is 25.9 Å². The van der Waals surface area contributed by atoms with Crippen molar-refractivity contribution < 1.29 is 2.85 Å². The first-order valence-electron chi connectivity index (χ1n) is 3.03. The molecule has 0 aromatic carbocycles. The Morgan fingerprint density at radius 2 is 1.62 bits per heavy atom. The van der Waals surface area contributed by atoms with Gasteiger partial charge in [-0.25, -0.2) is 0 Å². The summed E-state index contributed by atoms with van der Waals surface area (Å²) >= 11 is 5.82. The largest absolute Gasteiger partial charge is 2.00 e. The molecule has 0 aromatic rings. The maximum Gasteiger partial charge on any atom is 2.00 e. The Morgan fingerprint density at radius 3 is 1.88 bits per heavy atom. The molecule has 1 aliphatic carbocycles. The summed E-state index contributed by atoms with van der Waals surface area (Å²) in [6.07, 6.45) is 6.62. The van der Waals surface area contributed by atoms with Crippen LogP contribution in [0.3, 0.4) is 0 Å². The molecule has 0 saturated heterocycles. The zero-order chi connectivity index (χ0) is 5.11. The summed E-state index contributed by atoms with van der Waals surface area (Å²) in [7, 11) is 0.